The minimum absolute atomic E-state index is 0.593. The van der Waals surface area contributed by atoms with Gasteiger partial charge in [-0.15, -0.1) is 0 Å². The highest BCUT2D eigenvalue weighted by Crippen LogP contribution is 2.21. The van der Waals surface area contributed by atoms with Crippen LogP contribution in [0.3, 0.4) is 0 Å². The van der Waals surface area contributed by atoms with Gasteiger partial charge < -0.3 is 10.2 Å². The van der Waals surface area contributed by atoms with E-state index in [4.69, 9.17) is 0 Å². The van der Waals surface area contributed by atoms with E-state index in [2.05, 4.69) is 62.3 Å². The van der Waals surface area contributed by atoms with E-state index in [-0.39, 0.29) is 0 Å². The molecule has 0 saturated heterocycles. The fourth-order valence-corrected chi connectivity index (χ4v) is 2.49. The van der Waals surface area contributed by atoms with Crippen molar-refractivity contribution in [3.05, 3.63) is 29.8 Å². The topological polar surface area (TPSA) is 15.3 Å². The van der Waals surface area contributed by atoms with E-state index in [9.17, 15) is 0 Å². The van der Waals surface area contributed by atoms with Crippen LogP contribution in [0.2, 0.25) is 0 Å². The lowest BCUT2D eigenvalue weighted by Gasteiger charge is -2.28. The summed E-state index contributed by atoms with van der Waals surface area (Å²) in [5.74, 6) is 0.750. The number of hydrogen-bond acceptors (Lipinski definition) is 2. The molecule has 1 N–H and O–H groups in total. The van der Waals surface area contributed by atoms with Gasteiger partial charge in [0.2, 0.25) is 0 Å². The first-order chi connectivity index (χ1) is 9.06. The minimum atomic E-state index is 0.593. The zero-order chi connectivity index (χ0) is 13.8. The minimum Gasteiger partial charge on any atom is -0.372 e. The van der Waals surface area contributed by atoms with Gasteiger partial charge in [0.15, 0.2) is 0 Å². The number of nitrogens with zero attached hydrogens (tertiary/aromatic N) is 1. The van der Waals surface area contributed by atoms with E-state index in [0.29, 0.717) is 6.04 Å². The summed E-state index contributed by atoms with van der Waals surface area (Å²) in [5, 5.41) is 3.56. The van der Waals surface area contributed by atoms with E-state index in [0.717, 1.165) is 18.5 Å². The van der Waals surface area contributed by atoms with Gasteiger partial charge in [-0.25, -0.2) is 0 Å². The molecule has 106 valence electrons. The van der Waals surface area contributed by atoms with Crippen LogP contribution in [0.15, 0.2) is 24.3 Å². The third-order valence-electron chi connectivity index (χ3n) is 3.99. The first kappa shape index (κ1) is 14.4. The average Bonchev–Trinajstić information content (AvgIpc) is 3.19. The van der Waals surface area contributed by atoms with Gasteiger partial charge in [0, 0.05) is 31.4 Å². The summed E-state index contributed by atoms with van der Waals surface area (Å²) in [4.78, 5) is 2.39. The number of hydrogen-bond donors (Lipinski definition) is 1. The third-order valence-corrected chi connectivity index (χ3v) is 3.99. The molecule has 0 bridgehead atoms. The Morgan fingerprint density at radius 1 is 1.16 bits per heavy atom. The molecule has 1 unspecified atom stereocenters. The molecule has 1 aliphatic rings. The van der Waals surface area contributed by atoms with Gasteiger partial charge in [-0.2, -0.15) is 0 Å². The van der Waals surface area contributed by atoms with Crippen LogP contribution in [-0.4, -0.2) is 19.1 Å². The Morgan fingerprint density at radius 2 is 1.79 bits per heavy atom. The first-order valence-electron chi connectivity index (χ1n) is 7.61. The van der Waals surface area contributed by atoms with E-state index in [1.807, 2.05) is 0 Å². The van der Waals surface area contributed by atoms with Crippen LogP contribution in [0, 0.1) is 5.92 Å². The lowest BCUT2D eigenvalue weighted by atomic mass is 10.0. The maximum absolute atomic E-state index is 3.56. The van der Waals surface area contributed by atoms with Crippen molar-refractivity contribution in [3.8, 4) is 0 Å². The Morgan fingerprint density at radius 3 is 2.32 bits per heavy atom. The van der Waals surface area contributed by atoms with E-state index in [1.54, 1.807) is 0 Å². The van der Waals surface area contributed by atoms with Crippen LogP contribution >= 0.6 is 0 Å². The fraction of sp³-hybridized carbons (Fsp3) is 0.647. The third kappa shape index (κ3) is 4.54. The largest absolute Gasteiger partial charge is 0.372 e. The van der Waals surface area contributed by atoms with Crippen LogP contribution < -0.4 is 10.2 Å². The van der Waals surface area contributed by atoms with E-state index >= 15 is 0 Å². The van der Waals surface area contributed by atoms with Gasteiger partial charge in [-0.3, -0.25) is 0 Å². The number of rotatable bonds is 7. The van der Waals surface area contributed by atoms with Crippen molar-refractivity contribution in [2.45, 2.75) is 58.7 Å². The van der Waals surface area contributed by atoms with Crippen molar-refractivity contribution < 1.29 is 0 Å². The lowest BCUT2D eigenvalue weighted by molar-refractivity contribution is 0.504. The molecular formula is C17H28N2. The molecule has 1 aliphatic carbocycles. The van der Waals surface area contributed by atoms with Gasteiger partial charge in [0.1, 0.15) is 0 Å². The molecule has 2 rings (SSSR count). The zero-order valence-electron chi connectivity index (χ0n) is 12.8. The van der Waals surface area contributed by atoms with Crippen LogP contribution in [0.25, 0.3) is 0 Å². The molecule has 0 spiro atoms. The first-order valence-corrected chi connectivity index (χ1v) is 7.61. The Hall–Kier alpha value is -1.02. The summed E-state index contributed by atoms with van der Waals surface area (Å²) in [6, 6.07) is 10.4. The second-order valence-corrected chi connectivity index (χ2v) is 6.41. The fourth-order valence-electron chi connectivity index (χ4n) is 2.49. The summed E-state index contributed by atoms with van der Waals surface area (Å²) in [6.45, 7) is 7.90. The zero-order valence-corrected chi connectivity index (χ0v) is 12.8. The van der Waals surface area contributed by atoms with Crippen molar-refractivity contribution >= 4 is 5.69 Å². The maximum Gasteiger partial charge on any atom is 0.0366 e. The van der Waals surface area contributed by atoms with Gasteiger partial charge in [0.25, 0.3) is 0 Å². The van der Waals surface area contributed by atoms with Crippen molar-refractivity contribution in [1.29, 1.82) is 0 Å². The smallest absolute Gasteiger partial charge is 0.0366 e. The second kappa shape index (κ2) is 6.42. The maximum atomic E-state index is 3.56. The van der Waals surface area contributed by atoms with Gasteiger partial charge in [-0.1, -0.05) is 26.0 Å². The highest BCUT2D eigenvalue weighted by atomic mass is 15.1. The molecule has 1 fully saturated rings. The molecule has 0 amide bonds. The molecule has 1 atom stereocenters. The van der Waals surface area contributed by atoms with Gasteiger partial charge >= 0.3 is 0 Å². The predicted molar refractivity (Wildman–Crippen MR) is 83.6 cm³/mol. The summed E-state index contributed by atoms with van der Waals surface area (Å²) < 4.78 is 0. The Balaban J connectivity index is 1.88. The van der Waals surface area contributed by atoms with Crippen LogP contribution in [0.5, 0.6) is 0 Å². The summed E-state index contributed by atoms with van der Waals surface area (Å²) in [6.07, 6.45) is 3.95. The quantitative estimate of drug-likeness (QED) is 0.802. The summed E-state index contributed by atoms with van der Waals surface area (Å²) in [7, 11) is 2.20. The Labute approximate surface area is 118 Å². The van der Waals surface area contributed by atoms with Crippen molar-refractivity contribution in [3.63, 3.8) is 0 Å². The number of nitrogens with one attached hydrogen (secondary N) is 1. The monoisotopic (exact) mass is 260 g/mol. The second-order valence-electron chi connectivity index (χ2n) is 6.41. The Bertz CT molecular complexity index is 379. The summed E-state index contributed by atoms with van der Waals surface area (Å²) >= 11 is 0. The molecule has 0 heterocycles. The standard InChI is InChI=1S/C17H28N2/c1-13(2)11-14(3)19(4)17-9-5-15(6-10-17)12-18-16-7-8-16/h5-6,9-10,13-14,16,18H,7-8,11-12H2,1-4H3. The molecule has 2 nitrogen and oxygen atoms in total. The molecule has 19 heavy (non-hydrogen) atoms. The van der Waals surface area contributed by atoms with Crippen LogP contribution in [-0.2, 0) is 6.54 Å². The van der Waals surface area contributed by atoms with Crippen molar-refractivity contribution in [2.24, 2.45) is 5.92 Å². The lowest BCUT2D eigenvalue weighted by Crippen LogP contribution is -2.30. The molecule has 0 radical (unpaired) electrons. The number of anilines is 1. The van der Waals surface area contributed by atoms with Crippen molar-refractivity contribution in [2.75, 3.05) is 11.9 Å². The normalized spacial score (nSPS) is 16.7. The molecule has 0 aliphatic heterocycles. The molecule has 1 saturated carbocycles. The average molecular weight is 260 g/mol. The summed E-state index contributed by atoms with van der Waals surface area (Å²) in [5.41, 5.74) is 2.71. The molecule has 1 aromatic carbocycles. The highest BCUT2D eigenvalue weighted by Gasteiger charge is 2.19. The molecule has 1 aromatic rings. The molecular weight excluding hydrogens is 232 g/mol. The van der Waals surface area contributed by atoms with Crippen LogP contribution in [0.1, 0.15) is 45.6 Å². The van der Waals surface area contributed by atoms with Gasteiger partial charge in [-0.05, 0) is 49.8 Å². The molecule has 0 aromatic heterocycles. The molecule has 2 heteroatoms. The van der Waals surface area contributed by atoms with E-state index in [1.165, 1.54) is 30.5 Å². The SMILES string of the molecule is CC(C)CC(C)N(C)c1ccc(CNC2CC2)cc1. The van der Waals surface area contributed by atoms with Crippen molar-refractivity contribution in [1.82, 2.24) is 5.32 Å². The predicted octanol–water partition coefficient (Wildman–Crippen LogP) is 3.81. The number of benzene rings is 1. The van der Waals surface area contributed by atoms with E-state index < -0.39 is 0 Å². The Kier molecular flexibility index (Phi) is 4.87. The van der Waals surface area contributed by atoms with Crippen LogP contribution in [0.4, 0.5) is 5.69 Å². The van der Waals surface area contributed by atoms with Gasteiger partial charge in [0.05, 0.1) is 0 Å². The highest BCUT2D eigenvalue weighted by molar-refractivity contribution is 5.47.